The van der Waals surface area contributed by atoms with Gasteiger partial charge >= 0.3 is 0 Å². The summed E-state index contributed by atoms with van der Waals surface area (Å²) in [5.41, 5.74) is 0.374. The van der Waals surface area contributed by atoms with Gasteiger partial charge in [-0.1, -0.05) is 37.0 Å². The van der Waals surface area contributed by atoms with E-state index in [2.05, 4.69) is 4.98 Å². The van der Waals surface area contributed by atoms with Crippen molar-refractivity contribution in [3.63, 3.8) is 0 Å². The smallest absolute Gasteiger partial charge is 0.255 e. The van der Waals surface area contributed by atoms with Gasteiger partial charge in [-0.15, -0.1) is 0 Å². The van der Waals surface area contributed by atoms with Gasteiger partial charge in [0, 0.05) is 26.4 Å². The number of halogens is 2. The van der Waals surface area contributed by atoms with E-state index in [9.17, 15) is 4.79 Å². The number of methoxy groups -OCH3 is 1. The first-order valence-corrected chi connectivity index (χ1v) is 6.80. The summed E-state index contributed by atoms with van der Waals surface area (Å²) in [4.78, 5) is 18.0. The Hall–Kier alpha value is -0.840. The van der Waals surface area contributed by atoms with Crippen LogP contribution in [0.2, 0.25) is 10.2 Å². The summed E-state index contributed by atoms with van der Waals surface area (Å²) in [6, 6.07) is 1.49. The standard InChI is InChI=1S/C13H18Cl2N2O2/c1-9(2)8-17(4-5-19-3)13(18)10-6-12(15)16-7-11(10)14/h6-7,9H,4-5,8H2,1-3H3. The lowest BCUT2D eigenvalue weighted by molar-refractivity contribution is 0.0672. The van der Waals surface area contributed by atoms with Crippen LogP contribution in [0.1, 0.15) is 24.2 Å². The molecule has 106 valence electrons. The van der Waals surface area contributed by atoms with E-state index in [4.69, 9.17) is 27.9 Å². The normalized spacial score (nSPS) is 10.8. The highest BCUT2D eigenvalue weighted by molar-refractivity contribution is 6.35. The molecule has 0 fully saturated rings. The molecule has 0 bridgehead atoms. The summed E-state index contributed by atoms with van der Waals surface area (Å²) in [6.07, 6.45) is 1.39. The first-order chi connectivity index (χ1) is 8.95. The van der Waals surface area contributed by atoms with E-state index in [1.807, 2.05) is 13.8 Å². The number of aromatic nitrogens is 1. The Balaban J connectivity index is 2.93. The third kappa shape index (κ3) is 4.97. The van der Waals surface area contributed by atoms with Gasteiger partial charge < -0.3 is 9.64 Å². The minimum absolute atomic E-state index is 0.153. The van der Waals surface area contributed by atoms with Crippen LogP contribution in [0.25, 0.3) is 0 Å². The second-order valence-electron chi connectivity index (χ2n) is 4.62. The van der Waals surface area contributed by atoms with Gasteiger partial charge in [0.15, 0.2) is 0 Å². The molecule has 0 unspecified atom stereocenters. The Morgan fingerprint density at radius 3 is 2.74 bits per heavy atom. The topological polar surface area (TPSA) is 42.4 Å². The molecule has 0 spiro atoms. The first kappa shape index (κ1) is 16.2. The number of carbonyl (C=O) groups is 1. The second kappa shape index (κ2) is 7.68. The highest BCUT2D eigenvalue weighted by Gasteiger charge is 2.19. The minimum atomic E-state index is -0.153. The van der Waals surface area contributed by atoms with Crippen LogP contribution < -0.4 is 0 Å². The Kier molecular flexibility index (Phi) is 6.55. The SMILES string of the molecule is COCCN(CC(C)C)C(=O)c1cc(Cl)ncc1Cl. The van der Waals surface area contributed by atoms with Crippen molar-refractivity contribution < 1.29 is 9.53 Å². The largest absolute Gasteiger partial charge is 0.383 e. The molecule has 0 N–H and O–H groups in total. The van der Waals surface area contributed by atoms with Crippen LogP contribution in [0.3, 0.4) is 0 Å². The molecule has 0 atom stereocenters. The van der Waals surface area contributed by atoms with E-state index in [1.54, 1.807) is 12.0 Å². The second-order valence-corrected chi connectivity index (χ2v) is 5.42. The Morgan fingerprint density at radius 2 is 2.16 bits per heavy atom. The Bertz CT molecular complexity index is 439. The molecule has 1 heterocycles. The third-order valence-corrected chi connectivity index (χ3v) is 3.00. The van der Waals surface area contributed by atoms with Crippen molar-refractivity contribution in [2.24, 2.45) is 5.92 Å². The van der Waals surface area contributed by atoms with Crippen molar-refractivity contribution in [2.45, 2.75) is 13.8 Å². The van der Waals surface area contributed by atoms with Gasteiger partial charge in [0.05, 0.1) is 17.2 Å². The zero-order valence-electron chi connectivity index (χ0n) is 11.3. The fourth-order valence-corrected chi connectivity index (χ4v) is 2.01. The van der Waals surface area contributed by atoms with Crippen LogP contribution in [0.5, 0.6) is 0 Å². The zero-order chi connectivity index (χ0) is 14.4. The van der Waals surface area contributed by atoms with Crippen LogP contribution in [-0.2, 0) is 4.74 Å². The number of amides is 1. The summed E-state index contributed by atoms with van der Waals surface area (Å²) < 4.78 is 5.03. The van der Waals surface area contributed by atoms with Gasteiger partial charge in [0.2, 0.25) is 0 Å². The van der Waals surface area contributed by atoms with Gasteiger partial charge in [-0.2, -0.15) is 0 Å². The number of nitrogens with zero attached hydrogens (tertiary/aromatic N) is 2. The molecule has 0 aliphatic rings. The average molecular weight is 305 g/mol. The zero-order valence-corrected chi connectivity index (χ0v) is 12.8. The maximum absolute atomic E-state index is 12.5. The Labute approximate surface area is 123 Å². The van der Waals surface area contributed by atoms with Gasteiger partial charge in [-0.3, -0.25) is 4.79 Å². The van der Waals surface area contributed by atoms with Crippen molar-refractivity contribution >= 4 is 29.1 Å². The Morgan fingerprint density at radius 1 is 1.47 bits per heavy atom. The van der Waals surface area contributed by atoms with Crippen molar-refractivity contribution in [3.8, 4) is 0 Å². The molecule has 6 heteroatoms. The number of carbonyl (C=O) groups excluding carboxylic acids is 1. The van der Waals surface area contributed by atoms with Crippen LogP contribution in [0.4, 0.5) is 0 Å². The van der Waals surface area contributed by atoms with Gasteiger partial charge in [-0.25, -0.2) is 4.98 Å². The summed E-state index contributed by atoms with van der Waals surface area (Å²) in [5.74, 6) is 0.206. The predicted octanol–water partition coefficient (Wildman–Crippen LogP) is 3.13. The van der Waals surface area contributed by atoms with Gasteiger partial charge in [0.1, 0.15) is 5.15 Å². The summed E-state index contributed by atoms with van der Waals surface area (Å²) >= 11 is 11.8. The first-order valence-electron chi connectivity index (χ1n) is 6.05. The maximum atomic E-state index is 12.5. The predicted molar refractivity (Wildman–Crippen MR) is 76.9 cm³/mol. The molecule has 4 nitrogen and oxygen atoms in total. The monoisotopic (exact) mass is 304 g/mol. The van der Waals surface area contributed by atoms with E-state index in [0.717, 1.165) is 0 Å². The number of ether oxygens (including phenoxy) is 1. The fourth-order valence-electron chi connectivity index (χ4n) is 1.67. The third-order valence-electron chi connectivity index (χ3n) is 2.49. The lowest BCUT2D eigenvalue weighted by Crippen LogP contribution is -2.36. The van der Waals surface area contributed by atoms with E-state index in [0.29, 0.717) is 36.2 Å². The molecule has 19 heavy (non-hydrogen) atoms. The lowest BCUT2D eigenvalue weighted by Gasteiger charge is -2.24. The summed E-state index contributed by atoms with van der Waals surface area (Å²) in [5, 5.41) is 0.560. The molecule has 0 aromatic carbocycles. The molecule has 1 rings (SSSR count). The van der Waals surface area contributed by atoms with Crippen LogP contribution in [0, 0.1) is 5.92 Å². The van der Waals surface area contributed by atoms with Gasteiger partial charge in [-0.05, 0) is 12.0 Å². The number of pyridine rings is 1. The van der Waals surface area contributed by atoms with E-state index in [1.165, 1.54) is 12.3 Å². The molecule has 0 aliphatic heterocycles. The van der Waals surface area contributed by atoms with Crippen molar-refractivity contribution in [2.75, 3.05) is 26.8 Å². The number of hydrogen-bond acceptors (Lipinski definition) is 3. The maximum Gasteiger partial charge on any atom is 0.255 e. The van der Waals surface area contributed by atoms with E-state index >= 15 is 0 Å². The summed E-state index contributed by atoms with van der Waals surface area (Å²) in [7, 11) is 1.61. The average Bonchev–Trinajstić information content (AvgIpc) is 2.36. The van der Waals surface area contributed by atoms with Gasteiger partial charge in [0.25, 0.3) is 5.91 Å². The van der Waals surface area contributed by atoms with Crippen LogP contribution >= 0.6 is 23.2 Å². The highest BCUT2D eigenvalue weighted by Crippen LogP contribution is 2.20. The quantitative estimate of drug-likeness (QED) is 0.758. The molecule has 0 aliphatic carbocycles. The molecule has 0 radical (unpaired) electrons. The van der Waals surface area contributed by atoms with E-state index in [-0.39, 0.29) is 11.1 Å². The number of hydrogen-bond donors (Lipinski definition) is 0. The van der Waals surface area contributed by atoms with E-state index < -0.39 is 0 Å². The highest BCUT2D eigenvalue weighted by atomic mass is 35.5. The lowest BCUT2D eigenvalue weighted by atomic mass is 10.1. The minimum Gasteiger partial charge on any atom is -0.383 e. The molecular formula is C13H18Cl2N2O2. The molecule has 0 saturated heterocycles. The fraction of sp³-hybridized carbons (Fsp3) is 0.538. The molecule has 0 saturated carbocycles. The van der Waals surface area contributed by atoms with Crippen LogP contribution in [-0.4, -0.2) is 42.6 Å². The van der Waals surface area contributed by atoms with Crippen molar-refractivity contribution in [1.29, 1.82) is 0 Å². The number of rotatable bonds is 6. The summed E-state index contributed by atoms with van der Waals surface area (Å²) in [6.45, 7) is 5.74. The van der Waals surface area contributed by atoms with Crippen molar-refractivity contribution in [1.82, 2.24) is 9.88 Å². The molecule has 1 aromatic rings. The molecule has 1 amide bonds. The molecule has 1 aromatic heterocycles. The molecular weight excluding hydrogens is 287 g/mol. The van der Waals surface area contributed by atoms with Crippen molar-refractivity contribution in [3.05, 3.63) is 28.0 Å². The van der Waals surface area contributed by atoms with Crippen LogP contribution in [0.15, 0.2) is 12.3 Å².